The Balaban J connectivity index is 2.02. The maximum Gasteiger partial charge on any atom is 0.325 e. The summed E-state index contributed by atoms with van der Waals surface area (Å²) < 4.78 is 11.4. The highest BCUT2D eigenvalue weighted by Gasteiger charge is 2.35. The molecule has 0 aromatic rings. The molecule has 0 atom stereocenters. The van der Waals surface area contributed by atoms with Gasteiger partial charge in [-0.15, -0.1) is 0 Å². The first kappa shape index (κ1) is 14.6. The topological polar surface area (TPSA) is 57.5 Å². The van der Waals surface area contributed by atoms with Gasteiger partial charge in [-0.05, 0) is 17.8 Å². The first-order valence-corrected chi connectivity index (χ1v) is 9.40. The van der Waals surface area contributed by atoms with Crippen LogP contribution in [-0.4, -0.2) is 15.9 Å². The van der Waals surface area contributed by atoms with Gasteiger partial charge in [0.2, 0.25) is 0 Å². The van der Waals surface area contributed by atoms with Gasteiger partial charge >= 0.3 is 7.60 Å². The van der Waals surface area contributed by atoms with Crippen molar-refractivity contribution in [1.29, 1.82) is 0 Å². The summed E-state index contributed by atoms with van der Waals surface area (Å²) >= 11 is 0. The third-order valence-electron chi connectivity index (χ3n) is 4.96. The highest BCUT2D eigenvalue weighted by Crippen LogP contribution is 2.47. The molecule has 2 aliphatic carbocycles. The fourth-order valence-corrected chi connectivity index (χ4v) is 5.23. The van der Waals surface area contributed by atoms with Gasteiger partial charge in [0.05, 0.1) is 6.16 Å². The van der Waals surface area contributed by atoms with E-state index in [1.807, 2.05) is 0 Å². The number of rotatable bonds is 4. The fourth-order valence-electron chi connectivity index (χ4n) is 4.08. The molecule has 2 N–H and O–H groups in total. The van der Waals surface area contributed by atoms with Crippen molar-refractivity contribution in [3.63, 3.8) is 0 Å². The minimum absolute atomic E-state index is 0.141. The van der Waals surface area contributed by atoms with Crippen molar-refractivity contribution in [1.82, 2.24) is 0 Å². The van der Waals surface area contributed by atoms with Gasteiger partial charge in [-0.2, -0.15) is 0 Å². The second-order valence-corrected chi connectivity index (χ2v) is 8.00. The zero-order valence-electron chi connectivity index (χ0n) is 11.3. The Morgan fingerprint density at radius 2 is 1.22 bits per heavy atom. The van der Waals surface area contributed by atoms with E-state index in [2.05, 4.69) is 0 Å². The van der Waals surface area contributed by atoms with Crippen LogP contribution in [0.25, 0.3) is 0 Å². The first-order chi connectivity index (χ1) is 8.56. The fraction of sp³-hybridized carbons (Fsp3) is 1.00. The molecule has 2 rings (SSSR count). The van der Waals surface area contributed by atoms with Crippen LogP contribution in [0, 0.1) is 17.8 Å². The Kier molecular flexibility index (Phi) is 5.29. The first-order valence-electron chi connectivity index (χ1n) is 7.61. The molecule has 2 saturated carbocycles. The van der Waals surface area contributed by atoms with Crippen molar-refractivity contribution in [2.45, 2.75) is 64.2 Å². The molecule has 0 saturated heterocycles. The molecule has 0 aromatic heterocycles. The van der Waals surface area contributed by atoms with Gasteiger partial charge in [0.1, 0.15) is 0 Å². The molecule has 3 nitrogen and oxygen atoms in total. The molecule has 0 unspecified atom stereocenters. The van der Waals surface area contributed by atoms with Gasteiger partial charge < -0.3 is 9.79 Å². The largest absolute Gasteiger partial charge is 0.325 e. The summed E-state index contributed by atoms with van der Waals surface area (Å²) in [6.45, 7) is 0. The van der Waals surface area contributed by atoms with Crippen LogP contribution in [0.2, 0.25) is 0 Å². The zero-order valence-corrected chi connectivity index (χ0v) is 12.2. The maximum absolute atomic E-state index is 11.4. The molecule has 0 spiro atoms. The second-order valence-electron chi connectivity index (χ2n) is 6.31. The molecule has 0 radical (unpaired) electrons. The molecule has 0 aromatic carbocycles. The molecule has 2 fully saturated rings. The summed E-state index contributed by atoms with van der Waals surface area (Å²) in [4.78, 5) is 18.7. The Morgan fingerprint density at radius 1 is 0.833 bits per heavy atom. The van der Waals surface area contributed by atoms with Crippen molar-refractivity contribution >= 4 is 7.60 Å². The second kappa shape index (κ2) is 6.54. The van der Waals surface area contributed by atoms with Crippen molar-refractivity contribution in [2.75, 3.05) is 6.16 Å². The van der Waals surface area contributed by atoms with Crippen LogP contribution in [0.1, 0.15) is 64.2 Å². The van der Waals surface area contributed by atoms with Gasteiger partial charge in [0, 0.05) is 0 Å². The lowest BCUT2D eigenvalue weighted by atomic mass is 9.70. The van der Waals surface area contributed by atoms with E-state index in [0.717, 1.165) is 0 Å². The molecule has 0 bridgehead atoms. The summed E-state index contributed by atoms with van der Waals surface area (Å²) in [6.07, 6.45) is 12.6. The molecular weight excluding hydrogens is 247 g/mol. The smallest absolute Gasteiger partial charge is 0.324 e. The standard InChI is InChI=1S/C14H27O3P/c15-18(16,17)11-14(12-7-3-1-4-8-12)13-9-5-2-6-10-13/h12-14H,1-11H2,(H2,15,16,17). The van der Waals surface area contributed by atoms with Crippen LogP contribution in [0.4, 0.5) is 0 Å². The third kappa shape index (κ3) is 4.36. The summed E-state index contributed by atoms with van der Waals surface area (Å²) in [5, 5.41) is 0. The van der Waals surface area contributed by atoms with Crippen molar-refractivity contribution < 1.29 is 14.4 Å². The normalized spacial score (nSPS) is 24.6. The van der Waals surface area contributed by atoms with Crippen LogP contribution in [0.15, 0.2) is 0 Å². The SMILES string of the molecule is O=P(O)(O)CC(C1CCCCC1)C1CCCCC1. The molecular formula is C14H27O3P. The highest BCUT2D eigenvalue weighted by molar-refractivity contribution is 7.51. The van der Waals surface area contributed by atoms with Gasteiger partial charge in [-0.3, -0.25) is 4.57 Å². The molecule has 106 valence electrons. The van der Waals surface area contributed by atoms with Gasteiger partial charge in [-0.1, -0.05) is 64.2 Å². The minimum atomic E-state index is -3.86. The van der Waals surface area contributed by atoms with E-state index in [4.69, 9.17) is 0 Å². The Bertz CT molecular complexity index is 269. The Morgan fingerprint density at radius 3 is 1.56 bits per heavy atom. The molecule has 0 heterocycles. The number of hydrogen-bond donors (Lipinski definition) is 2. The third-order valence-corrected chi connectivity index (χ3v) is 5.86. The van der Waals surface area contributed by atoms with E-state index in [-0.39, 0.29) is 12.1 Å². The van der Waals surface area contributed by atoms with Gasteiger partial charge in [0.15, 0.2) is 0 Å². The summed E-state index contributed by atoms with van der Waals surface area (Å²) in [5.41, 5.74) is 0. The van der Waals surface area contributed by atoms with Crippen LogP contribution < -0.4 is 0 Å². The van der Waals surface area contributed by atoms with Crippen molar-refractivity contribution in [2.24, 2.45) is 17.8 Å². The molecule has 0 aliphatic heterocycles. The zero-order chi connectivity index (χ0) is 13.0. The van der Waals surface area contributed by atoms with Crippen LogP contribution in [0.3, 0.4) is 0 Å². The number of hydrogen-bond acceptors (Lipinski definition) is 1. The highest BCUT2D eigenvalue weighted by atomic mass is 31.2. The van der Waals surface area contributed by atoms with E-state index < -0.39 is 7.60 Å². The molecule has 4 heteroatoms. The van der Waals surface area contributed by atoms with E-state index >= 15 is 0 Å². The van der Waals surface area contributed by atoms with Crippen molar-refractivity contribution in [3.05, 3.63) is 0 Å². The average molecular weight is 274 g/mol. The van der Waals surface area contributed by atoms with Gasteiger partial charge in [-0.25, -0.2) is 0 Å². The molecule has 0 amide bonds. The van der Waals surface area contributed by atoms with E-state index in [1.165, 1.54) is 64.2 Å². The lowest BCUT2D eigenvalue weighted by molar-refractivity contribution is 0.155. The Hall–Kier alpha value is 0.150. The lowest BCUT2D eigenvalue weighted by Gasteiger charge is -2.38. The van der Waals surface area contributed by atoms with Crippen LogP contribution in [0.5, 0.6) is 0 Å². The molecule has 18 heavy (non-hydrogen) atoms. The summed E-state index contributed by atoms with van der Waals surface area (Å²) in [6, 6.07) is 0. The summed E-state index contributed by atoms with van der Waals surface area (Å²) in [7, 11) is -3.86. The average Bonchev–Trinajstić information content (AvgIpc) is 2.37. The van der Waals surface area contributed by atoms with E-state index in [0.29, 0.717) is 11.8 Å². The molecule has 2 aliphatic rings. The maximum atomic E-state index is 11.4. The van der Waals surface area contributed by atoms with Crippen molar-refractivity contribution in [3.8, 4) is 0 Å². The lowest BCUT2D eigenvalue weighted by Crippen LogP contribution is -2.30. The monoisotopic (exact) mass is 274 g/mol. The quantitative estimate of drug-likeness (QED) is 0.763. The predicted octanol–water partition coefficient (Wildman–Crippen LogP) is 3.94. The van der Waals surface area contributed by atoms with Crippen LogP contribution in [-0.2, 0) is 4.57 Å². The van der Waals surface area contributed by atoms with E-state index in [1.54, 1.807) is 0 Å². The van der Waals surface area contributed by atoms with Gasteiger partial charge in [0.25, 0.3) is 0 Å². The van der Waals surface area contributed by atoms with Crippen LogP contribution >= 0.6 is 7.60 Å². The Labute approximate surface area is 111 Å². The summed E-state index contributed by atoms with van der Waals surface area (Å²) in [5.74, 6) is 1.44. The predicted molar refractivity (Wildman–Crippen MR) is 73.6 cm³/mol. The van der Waals surface area contributed by atoms with E-state index in [9.17, 15) is 14.4 Å². The minimum Gasteiger partial charge on any atom is -0.324 e.